The van der Waals surface area contributed by atoms with Crippen LogP contribution in [-0.2, 0) is 6.54 Å². The summed E-state index contributed by atoms with van der Waals surface area (Å²) in [7, 11) is 1.85. The quantitative estimate of drug-likeness (QED) is 0.754. The molecule has 1 aliphatic rings. The second-order valence-electron chi connectivity index (χ2n) is 7.23. The molecule has 0 unspecified atom stereocenters. The van der Waals surface area contributed by atoms with Crippen LogP contribution in [0.4, 0.5) is 5.69 Å². The second kappa shape index (κ2) is 9.51. The van der Waals surface area contributed by atoms with Crippen molar-refractivity contribution < 1.29 is 4.79 Å². The van der Waals surface area contributed by atoms with Gasteiger partial charge in [0.05, 0.1) is 11.9 Å². The summed E-state index contributed by atoms with van der Waals surface area (Å²) in [5.74, 6) is 0.00248. The van der Waals surface area contributed by atoms with Gasteiger partial charge >= 0.3 is 0 Å². The summed E-state index contributed by atoms with van der Waals surface area (Å²) < 4.78 is 0. The highest BCUT2D eigenvalue weighted by atomic mass is 16.2. The van der Waals surface area contributed by atoms with Gasteiger partial charge in [-0.2, -0.15) is 0 Å². The third-order valence-electron chi connectivity index (χ3n) is 5.15. The van der Waals surface area contributed by atoms with Gasteiger partial charge in [-0.25, -0.2) is 4.98 Å². The smallest absolute Gasteiger partial charge is 0.272 e. The summed E-state index contributed by atoms with van der Waals surface area (Å²) in [4.78, 5) is 23.4. The van der Waals surface area contributed by atoms with E-state index in [1.165, 1.54) is 5.56 Å². The summed E-state index contributed by atoms with van der Waals surface area (Å²) in [6, 6.07) is 14.5. The third kappa shape index (κ3) is 5.30. The van der Waals surface area contributed by atoms with Crippen LogP contribution in [-0.4, -0.2) is 60.5 Å². The van der Waals surface area contributed by atoms with Gasteiger partial charge in [-0.1, -0.05) is 43.7 Å². The van der Waals surface area contributed by atoms with E-state index in [-0.39, 0.29) is 5.91 Å². The zero-order chi connectivity index (χ0) is 19.1. The first-order valence-electron chi connectivity index (χ1n) is 9.90. The van der Waals surface area contributed by atoms with Gasteiger partial charge < -0.3 is 9.80 Å². The molecule has 3 rings (SSSR count). The Morgan fingerprint density at radius 3 is 2.44 bits per heavy atom. The fourth-order valence-corrected chi connectivity index (χ4v) is 3.40. The lowest BCUT2D eigenvalue weighted by Crippen LogP contribution is -2.46. The van der Waals surface area contributed by atoms with Crippen molar-refractivity contribution in [2.45, 2.75) is 26.3 Å². The Kier molecular flexibility index (Phi) is 6.82. The number of carbonyl (C=O) groups excluding carboxylic acids is 1. The van der Waals surface area contributed by atoms with Crippen LogP contribution in [0.5, 0.6) is 0 Å². The zero-order valence-electron chi connectivity index (χ0n) is 16.5. The number of amides is 1. The Labute approximate surface area is 162 Å². The number of unbranched alkanes of at least 4 members (excludes halogenated alkanes) is 1. The molecule has 0 saturated carbocycles. The number of carbonyl (C=O) groups is 1. The normalized spacial score (nSPS) is 15.0. The molecule has 1 aromatic heterocycles. The van der Waals surface area contributed by atoms with Gasteiger partial charge in [-0.3, -0.25) is 9.69 Å². The second-order valence-corrected chi connectivity index (χ2v) is 7.23. The Bertz CT molecular complexity index is 709. The molecular formula is C22H30N4O. The van der Waals surface area contributed by atoms with Crippen LogP contribution in [0.2, 0.25) is 0 Å². The first-order chi connectivity index (χ1) is 13.2. The number of rotatable bonds is 7. The molecule has 5 nitrogen and oxygen atoms in total. The van der Waals surface area contributed by atoms with E-state index in [0.29, 0.717) is 5.69 Å². The van der Waals surface area contributed by atoms with Crippen LogP contribution >= 0.6 is 0 Å². The molecule has 144 valence electrons. The van der Waals surface area contributed by atoms with Gasteiger partial charge in [0, 0.05) is 46.3 Å². The molecule has 5 heteroatoms. The molecule has 0 N–H and O–H groups in total. The molecule has 0 bridgehead atoms. The molecule has 2 aromatic rings. The lowest BCUT2D eigenvalue weighted by Gasteiger charge is -2.36. The molecule has 1 amide bonds. The minimum atomic E-state index is 0.00248. The Morgan fingerprint density at radius 2 is 1.81 bits per heavy atom. The average molecular weight is 367 g/mol. The van der Waals surface area contributed by atoms with E-state index in [0.717, 1.165) is 57.8 Å². The van der Waals surface area contributed by atoms with E-state index in [1.54, 1.807) is 4.90 Å². The van der Waals surface area contributed by atoms with Crippen LogP contribution in [0.15, 0.2) is 48.7 Å². The van der Waals surface area contributed by atoms with Gasteiger partial charge in [0.1, 0.15) is 5.69 Å². The van der Waals surface area contributed by atoms with Crippen molar-refractivity contribution in [2.24, 2.45) is 0 Å². The standard InChI is InChI=1S/C22H30N4O/c1-3-4-12-24(2)22(27)21-11-10-20(17-23-21)26-15-13-25(14-16-26)18-19-8-6-5-7-9-19/h5-11,17H,3-4,12-16,18H2,1-2H3. The molecule has 0 aliphatic carbocycles. The molecular weight excluding hydrogens is 336 g/mol. The zero-order valence-corrected chi connectivity index (χ0v) is 16.5. The van der Waals surface area contributed by atoms with Gasteiger partial charge in [-0.15, -0.1) is 0 Å². The van der Waals surface area contributed by atoms with Crippen molar-refractivity contribution in [3.05, 3.63) is 59.9 Å². The molecule has 0 spiro atoms. The maximum Gasteiger partial charge on any atom is 0.272 e. The van der Waals surface area contributed by atoms with Crippen LogP contribution in [0.3, 0.4) is 0 Å². The lowest BCUT2D eigenvalue weighted by molar-refractivity contribution is 0.0787. The maximum absolute atomic E-state index is 12.4. The largest absolute Gasteiger partial charge is 0.368 e. The molecule has 2 heterocycles. The van der Waals surface area contributed by atoms with E-state index in [1.807, 2.05) is 25.4 Å². The highest BCUT2D eigenvalue weighted by Crippen LogP contribution is 2.17. The summed E-state index contributed by atoms with van der Waals surface area (Å²) in [5, 5.41) is 0. The molecule has 1 aromatic carbocycles. The Hall–Kier alpha value is -2.40. The van der Waals surface area contributed by atoms with E-state index in [9.17, 15) is 4.79 Å². The van der Waals surface area contributed by atoms with E-state index in [2.05, 4.69) is 52.0 Å². The van der Waals surface area contributed by atoms with Gasteiger partial charge in [0.15, 0.2) is 0 Å². The third-order valence-corrected chi connectivity index (χ3v) is 5.15. The van der Waals surface area contributed by atoms with Gasteiger partial charge in [0.2, 0.25) is 0 Å². The van der Waals surface area contributed by atoms with Crippen molar-refractivity contribution in [2.75, 3.05) is 44.7 Å². The van der Waals surface area contributed by atoms with Crippen LogP contribution in [0, 0.1) is 0 Å². The lowest BCUT2D eigenvalue weighted by atomic mass is 10.2. The highest BCUT2D eigenvalue weighted by molar-refractivity contribution is 5.92. The summed E-state index contributed by atoms with van der Waals surface area (Å²) in [5.41, 5.74) is 2.99. The average Bonchev–Trinajstić information content (AvgIpc) is 2.73. The summed E-state index contributed by atoms with van der Waals surface area (Å²) in [6.07, 6.45) is 3.95. The van der Waals surface area contributed by atoms with Crippen molar-refractivity contribution in [1.82, 2.24) is 14.8 Å². The molecule has 1 fully saturated rings. The minimum absolute atomic E-state index is 0.00248. The summed E-state index contributed by atoms with van der Waals surface area (Å²) in [6.45, 7) is 7.96. The van der Waals surface area contributed by atoms with Crippen molar-refractivity contribution in [3.63, 3.8) is 0 Å². The minimum Gasteiger partial charge on any atom is -0.368 e. The van der Waals surface area contributed by atoms with E-state index < -0.39 is 0 Å². The number of piperazine rings is 1. The topological polar surface area (TPSA) is 39.7 Å². The van der Waals surface area contributed by atoms with Crippen molar-refractivity contribution in [3.8, 4) is 0 Å². The van der Waals surface area contributed by atoms with Gasteiger partial charge in [0.25, 0.3) is 5.91 Å². The van der Waals surface area contributed by atoms with Crippen LogP contribution < -0.4 is 4.90 Å². The monoisotopic (exact) mass is 366 g/mol. The van der Waals surface area contributed by atoms with Crippen molar-refractivity contribution >= 4 is 11.6 Å². The maximum atomic E-state index is 12.4. The van der Waals surface area contributed by atoms with Gasteiger partial charge in [-0.05, 0) is 24.1 Å². The fraction of sp³-hybridized carbons (Fsp3) is 0.455. The fourth-order valence-electron chi connectivity index (χ4n) is 3.40. The van der Waals surface area contributed by atoms with E-state index >= 15 is 0 Å². The Morgan fingerprint density at radius 1 is 1.07 bits per heavy atom. The SMILES string of the molecule is CCCCN(C)C(=O)c1ccc(N2CCN(Cc3ccccc3)CC2)cn1. The molecule has 0 radical (unpaired) electrons. The molecule has 27 heavy (non-hydrogen) atoms. The highest BCUT2D eigenvalue weighted by Gasteiger charge is 2.18. The number of hydrogen-bond donors (Lipinski definition) is 0. The Balaban J connectivity index is 1.52. The predicted octanol–water partition coefficient (Wildman–Crippen LogP) is 3.28. The number of hydrogen-bond acceptors (Lipinski definition) is 4. The molecule has 0 atom stereocenters. The van der Waals surface area contributed by atoms with Crippen LogP contribution in [0.1, 0.15) is 35.8 Å². The summed E-state index contributed by atoms with van der Waals surface area (Å²) >= 11 is 0. The van der Waals surface area contributed by atoms with Crippen molar-refractivity contribution in [1.29, 1.82) is 0 Å². The first-order valence-corrected chi connectivity index (χ1v) is 9.90. The number of benzene rings is 1. The van der Waals surface area contributed by atoms with E-state index in [4.69, 9.17) is 0 Å². The molecule has 1 saturated heterocycles. The number of pyridine rings is 1. The number of nitrogens with zero attached hydrogens (tertiary/aromatic N) is 4. The number of aromatic nitrogens is 1. The first kappa shape index (κ1) is 19.4. The van der Waals surface area contributed by atoms with Crippen LogP contribution in [0.25, 0.3) is 0 Å². The molecule has 1 aliphatic heterocycles. The predicted molar refractivity (Wildman–Crippen MR) is 110 cm³/mol. The number of anilines is 1.